The van der Waals surface area contributed by atoms with E-state index in [2.05, 4.69) is 10.3 Å². The summed E-state index contributed by atoms with van der Waals surface area (Å²) < 4.78 is 5.54. The molecule has 0 radical (unpaired) electrons. The van der Waals surface area contributed by atoms with Crippen LogP contribution >= 0.6 is 0 Å². The predicted molar refractivity (Wildman–Crippen MR) is 82.2 cm³/mol. The van der Waals surface area contributed by atoms with Gasteiger partial charge in [-0.25, -0.2) is 4.98 Å². The molecule has 0 bridgehead atoms. The second kappa shape index (κ2) is 6.85. The number of rotatable bonds is 5. The zero-order chi connectivity index (χ0) is 15.2. The molecule has 5 heteroatoms. The van der Waals surface area contributed by atoms with Crippen LogP contribution in [0.3, 0.4) is 0 Å². The van der Waals surface area contributed by atoms with Crippen molar-refractivity contribution >= 4 is 11.7 Å². The molecule has 1 aromatic heterocycles. The van der Waals surface area contributed by atoms with Crippen LogP contribution in [0.25, 0.3) is 0 Å². The van der Waals surface area contributed by atoms with Gasteiger partial charge in [0, 0.05) is 6.54 Å². The van der Waals surface area contributed by atoms with Crippen molar-refractivity contribution in [3.63, 3.8) is 0 Å². The number of benzene rings is 1. The van der Waals surface area contributed by atoms with E-state index in [1.807, 2.05) is 38.1 Å². The molecular weight excluding hydrogens is 266 g/mol. The topological polar surface area (TPSA) is 77.2 Å². The summed E-state index contributed by atoms with van der Waals surface area (Å²) in [6.07, 6.45) is 0. The van der Waals surface area contributed by atoms with Gasteiger partial charge in [0.15, 0.2) is 6.61 Å². The molecule has 21 heavy (non-hydrogen) atoms. The van der Waals surface area contributed by atoms with E-state index in [1.165, 1.54) is 0 Å². The molecular formula is C16H19N3O2. The van der Waals surface area contributed by atoms with Crippen LogP contribution in [0.15, 0.2) is 36.4 Å². The van der Waals surface area contributed by atoms with Crippen molar-refractivity contribution < 1.29 is 9.53 Å². The largest absolute Gasteiger partial charge is 0.483 e. The van der Waals surface area contributed by atoms with Crippen LogP contribution in [0, 0.1) is 13.8 Å². The monoisotopic (exact) mass is 285 g/mol. The zero-order valence-corrected chi connectivity index (χ0v) is 12.2. The summed E-state index contributed by atoms with van der Waals surface area (Å²) in [5, 5.41) is 2.69. The normalized spacial score (nSPS) is 10.2. The first-order chi connectivity index (χ1) is 10.1. The molecule has 2 rings (SSSR count). The number of carbonyl (C=O) groups excluding carboxylic acids is 1. The number of carbonyl (C=O) groups is 1. The predicted octanol–water partition coefficient (Wildman–Crippen LogP) is 2.17. The van der Waals surface area contributed by atoms with Gasteiger partial charge in [0.1, 0.15) is 11.6 Å². The maximum absolute atomic E-state index is 11.9. The van der Waals surface area contributed by atoms with Gasteiger partial charge in [-0.1, -0.05) is 18.2 Å². The number of nitrogens with one attached hydrogen (secondary N) is 1. The fourth-order valence-electron chi connectivity index (χ4n) is 1.87. The van der Waals surface area contributed by atoms with Crippen molar-refractivity contribution in [2.24, 2.45) is 5.73 Å². The van der Waals surface area contributed by atoms with Crippen molar-refractivity contribution in [3.05, 3.63) is 53.2 Å². The molecule has 5 nitrogen and oxygen atoms in total. The minimum atomic E-state index is -0.252. The zero-order valence-electron chi connectivity index (χ0n) is 12.2. The Morgan fingerprint density at radius 3 is 2.76 bits per heavy atom. The number of nitrogens with two attached hydrogens (primary N) is 1. The molecule has 3 N–H and O–H groups in total. The van der Waals surface area contributed by atoms with Crippen molar-refractivity contribution in [3.8, 4) is 5.75 Å². The summed E-state index contributed by atoms with van der Waals surface area (Å²) in [4.78, 5) is 16.1. The van der Waals surface area contributed by atoms with Crippen LogP contribution in [0.4, 0.5) is 5.82 Å². The standard InChI is InChI=1S/C16H19N3O2/c1-11-5-3-7-14(12(11)2)21-10-16(20)19-15-8-4-6-13(9-17)18-15/h3-8H,9-10,17H2,1-2H3,(H,18,19,20). The molecule has 1 heterocycles. The molecule has 0 saturated heterocycles. The summed E-state index contributed by atoms with van der Waals surface area (Å²) >= 11 is 0. The Hall–Kier alpha value is -2.40. The van der Waals surface area contributed by atoms with E-state index >= 15 is 0 Å². The second-order valence-corrected chi connectivity index (χ2v) is 4.75. The first-order valence-corrected chi connectivity index (χ1v) is 6.75. The number of amides is 1. The minimum Gasteiger partial charge on any atom is -0.483 e. The summed E-state index contributed by atoms with van der Waals surface area (Å²) in [7, 11) is 0. The van der Waals surface area contributed by atoms with E-state index in [1.54, 1.807) is 12.1 Å². The van der Waals surface area contributed by atoms with Gasteiger partial charge >= 0.3 is 0 Å². The van der Waals surface area contributed by atoms with Crippen molar-refractivity contribution in [2.75, 3.05) is 11.9 Å². The average Bonchev–Trinajstić information content (AvgIpc) is 2.49. The Bertz CT molecular complexity index is 641. The number of aryl methyl sites for hydroxylation is 1. The molecule has 0 atom stereocenters. The molecule has 0 aliphatic carbocycles. The van der Waals surface area contributed by atoms with Crippen LogP contribution in [0.1, 0.15) is 16.8 Å². The van der Waals surface area contributed by atoms with Crippen LogP contribution in [-0.4, -0.2) is 17.5 Å². The van der Waals surface area contributed by atoms with Gasteiger partial charge in [-0.3, -0.25) is 4.79 Å². The molecule has 0 saturated carbocycles. The Morgan fingerprint density at radius 1 is 1.24 bits per heavy atom. The molecule has 0 unspecified atom stereocenters. The van der Waals surface area contributed by atoms with Gasteiger partial charge in [0.2, 0.25) is 0 Å². The quantitative estimate of drug-likeness (QED) is 0.882. The lowest BCUT2D eigenvalue weighted by molar-refractivity contribution is -0.118. The van der Waals surface area contributed by atoms with Crippen molar-refractivity contribution in [1.29, 1.82) is 0 Å². The van der Waals surface area contributed by atoms with E-state index in [0.29, 0.717) is 18.1 Å². The van der Waals surface area contributed by atoms with Crippen molar-refractivity contribution in [1.82, 2.24) is 4.98 Å². The SMILES string of the molecule is Cc1cccc(OCC(=O)Nc2cccc(CN)n2)c1C. The molecule has 110 valence electrons. The Morgan fingerprint density at radius 2 is 2.00 bits per heavy atom. The third-order valence-electron chi connectivity index (χ3n) is 3.20. The highest BCUT2D eigenvalue weighted by molar-refractivity contribution is 5.90. The summed E-state index contributed by atoms with van der Waals surface area (Å²) in [5.74, 6) is 0.943. The van der Waals surface area contributed by atoms with Gasteiger partial charge in [-0.05, 0) is 43.2 Å². The fourth-order valence-corrected chi connectivity index (χ4v) is 1.87. The molecule has 2 aromatic rings. The van der Waals surface area contributed by atoms with Gasteiger partial charge in [0.25, 0.3) is 5.91 Å². The lowest BCUT2D eigenvalue weighted by Crippen LogP contribution is -2.21. The smallest absolute Gasteiger partial charge is 0.263 e. The van der Waals surface area contributed by atoms with Gasteiger partial charge < -0.3 is 15.8 Å². The molecule has 0 aliphatic rings. The first-order valence-electron chi connectivity index (χ1n) is 6.75. The van der Waals surface area contributed by atoms with E-state index in [9.17, 15) is 4.79 Å². The van der Waals surface area contributed by atoms with Gasteiger partial charge in [0.05, 0.1) is 5.69 Å². The fraction of sp³-hybridized carbons (Fsp3) is 0.250. The lowest BCUT2D eigenvalue weighted by Gasteiger charge is -2.11. The van der Waals surface area contributed by atoms with Crippen LogP contribution in [0.5, 0.6) is 5.75 Å². The van der Waals surface area contributed by atoms with E-state index in [4.69, 9.17) is 10.5 Å². The highest BCUT2D eigenvalue weighted by Crippen LogP contribution is 2.20. The molecule has 0 spiro atoms. The highest BCUT2D eigenvalue weighted by atomic mass is 16.5. The van der Waals surface area contributed by atoms with E-state index in [-0.39, 0.29) is 12.5 Å². The van der Waals surface area contributed by atoms with Gasteiger partial charge in [-0.15, -0.1) is 0 Å². The molecule has 0 aliphatic heterocycles. The second-order valence-electron chi connectivity index (χ2n) is 4.75. The Balaban J connectivity index is 1.94. The maximum atomic E-state index is 11.9. The Kier molecular flexibility index (Phi) is 4.90. The van der Waals surface area contributed by atoms with E-state index in [0.717, 1.165) is 16.8 Å². The third kappa shape index (κ3) is 4.03. The number of aromatic nitrogens is 1. The van der Waals surface area contributed by atoms with Crippen LogP contribution in [-0.2, 0) is 11.3 Å². The minimum absolute atomic E-state index is 0.0567. The number of nitrogens with zero attached hydrogens (tertiary/aromatic N) is 1. The average molecular weight is 285 g/mol. The Labute approximate surface area is 124 Å². The number of ether oxygens (including phenoxy) is 1. The molecule has 1 aromatic carbocycles. The lowest BCUT2D eigenvalue weighted by atomic mass is 10.1. The van der Waals surface area contributed by atoms with Crippen molar-refractivity contribution in [2.45, 2.75) is 20.4 Å². The van der Waals surface area contributed by atoms with Gasteiger partial charge in [-0.2, -0.15) is 0 Å². The summed E-state index contributed by atoms with van der Waals surface area (Å²) in [6.45, 7) is 4.25. The van der Waals surface area contributed by atoms with Crippen LogP contribution in [0.2, 0.25) is 0 Å². The number of hydrogen-bond acceptors (Lipinski definition) is 4. The van der Waals surface area contributed by atoms with Crippen LogP contribution < -0.4 is 15.8 Å². The number of anilines is 1. The number of pyridine rings is 1. The molecule has 1 amide bonds. The summed E-state index contributed by atoms with van der Waals surface area (Å²) in [6, 6.07) is 11.1. The third-order valence-corrected chi connectivity index (χ3v) is 3.20. The maximum Gasteiger partial charge on any atom is 0.263 e. The highest BCUT2D eigenvalue weighted by Gasteiger charge is 2.07. The first kappa shape index (κ1) is 15.0. The van der Waals surface area contributed by atoms with E-state index < -0.39 is 0 Å². The molecule has 0 fully saturated rings. The number of hydrogen-bond donors (Lipinski definition) is 2. The summed E-state index contributed by atoms with van der Waals surface area (Å²) in [5.41, 5.74) is 8.41.